The first-order chi connectivity index (χ1) is 9.00. The molecule has 2 N–H and O–H groups in total. The van der Waals surface area contributed by atoms with E-state index in [-0.39, 0.29) is 24.5 Å². The van der Waals surface area contributed by atoms with Gasteiger partial charge in [-0.1, -0.05) is 0 Å². The van der Waals surface area contributed by atoms with Gasteiger partial charge in [-0.2, -0.15) is 0 Å². The fourth-order valence-corrected chi connectivity index (χ4v) is 2.66. The number of nitrogens with zero attached hydrogens (tertiary/aromatic N) is 1. The van der Waals surface area contributed by atoms with Crippen molar-refractivity contribution >= 4 is 11.9 Å². The van der Waals surface area contributed by atoms with Crippen LogP contribution in [0.2, 0.25) is 0 Å². The number of aliphatic hydroxyl groups is 1. The van der Waals surface area contributed by atoms with Gasteiger partial charge in [-0.25, -0.2) is 0 Å². The van der Waals surface area contributed by atoms with E-state index in [1.165, 1.54) is 0 Å². The van der Waals surface area contributed by atoms with Crippen LogP contribution in [0.25, 0.3) is 0 Å². The molecule has 5 nitrogen and oxygen atoms in total. The molecule has 19 heavy (non-hydrogen) atoms. The molecule has 2 atom stereocenters. The van der Waals surface area contributed by atoms with Crippen LogP contribution in [0, 0.1) is 0 Å². The second kappa shape index (κ2) is 8.15. The Morgan fingerprint density at radius 3 is 2.58 bits per heavy atom. The molecule has 2 unspecified atom stereocenters. The molecule has 0 spiro atoms. The van der Waals surface area contributed by atoms with Crippen molar-refractivity contribution < 1.29 is 19.8 Å². The van der Waals surface area contributed by atoms with Gasteiger partial charge in [0.2, 0.25) is 5.91 Å². The number of amides is 1. The number of aliphatic carboxylic acids is 1. The highest BCUT2D eigenvalue weighted by atomic mass is 16.4. The SMILES string of the molecule is CC(O)CC1CCCCN1C(=O)CCCCC(=O)O. The molecule has 1 saturated heterocycles. The number of rotatable bonds is 7. The zero-order chi connectivity index (χ0) is 14.3. The third kappa shape index (κ3) is 6.05. The Morgan fingerprint density at radius 1 is 1.26 bits per heavy atom. The molecule has 110 valence electrons. The number of piperidine rings is 1. The number of hydrogen-bond donors (Lipinski definition) is 2. The summed E-state index contributed by atoms with van der Waals surface area (Å²) in [7, 11) is 0. The van der Waals surface area contributed by atoms with Crippen LogP contribution >= 0.6 is 0 Å². The molecule has 5 heteroatoms. The normalized spacial score (nSPS) is 21.2. The standard InChI is InChI=1S/C14H25NO4/c1-11(16)10-12-6-4-5-9-15(12)13(17)7-2-3-8-14(18)19/h11-12,16H,2-10H2,1H3,(H,18,19). The van der Waals surface area contributed by atoms with E-state index in [0.29, 0.717) is 25.7 Å². The van der Waals surface area contributed by atoms with Crippen molar-refractivity contribution in [3.8, 4) is 0 Å². The molecule has 0 saturated carbocycles. The molecule has 0 aliphatic carbocycles. The average molecular weight is 271 g/mol. The Labute approximate surface area is 114 Å². The second-order valence-corrected chi connectivity index (χ2v) is 5.42. The third-order valence-electron chi connectivity index (χ3n) is 3.59. The summed E-state index contributed by atoms with van der Waals surface area (Å²) in [5.74, 6) is -0.701. The molecule has 0 aromatic rings. The molecule has 0 aromatic carbocycles. The molecule has 0 radical (unpaired) electrons. The fourth-order valence-electron chi connectivity index (χ4n) is 2.66. The van der Waals surface area contributed by atoms with E-state index in [0.717, 1.165) is 25.8 Å². The number of unbranched alkanes of at least 4 members (excludes halogenated alkanes) is 1. The molecule has 1 fully saturated rings. The van der Waals surface area contributed by atoms with Crippen LogP contribution in [0.5, 0.6) is 0 Å². The van der Waals surface area contributed by atoms with Crippen LogP contribution in [-0.4, -0.2) is 45.7 Å². The molecule has 1 heterocycles. The summed E-state index contributed by atoms with van der Waals surface area (Å²) in [5.41, 5.74) is 0. The molecule has 0 aromatic heterocycles. The van der Waals surface area contributed by atoms with Gasteiger partial charge < -0.3 is 15.1 Å². The van der Waals surface area contributed by atoms with E-state index in [2.05, 4.69) is 0 Å². The summed E-state index contributed by atoms with van der Waals surface area (Å²) in [4.78, 5) is 24.4. The highest BCUT2D eigenvalue weighted by Crippen LogP contribution is 2.22. The maximum atomic E-state index is 12.1. The second-order valence-electron chi connectivity index (χ2n) is 5.42. The van der Waals surface area contributed by atoms with Crippen molar-refractivity contribution in [2.75, 3.05) is 6.54 Å². The fraction of sp³-hybridized carbons (Fsp3) is 0.857. The molecule has 1 aliphatic rings. The van der Waals surface area contributed by atoms with Gasteiger partial charge in [0.05, 0.1) is 6.10 Å². The predicted octanol–water partition coefficient (Wildman–Crippen LogP) is 1.78. The highest BCUT2D eigenvalue weighted by Gasteiger charge is 2.26. The minimum atomic E-state index is -0.808. The van der Waals surface area contributed by atoms with Crippen LogP contribution in [0.1, 0.15) is 58.3 Å². The summed E-state index contributed by atoms with van der Waals surface area (Å²) < 4.78 is 0. The molecular formula is C14H25NO4. The van der Waals surface area contributed by atoms with Crippen LogP contribution in [0.15, 0.2) is 0 Å². The first-order valence-corrected chi connectivity index (χ1v) is 7.20. The monoisotopic (exact) mass is 271 g/mol. The Kier molecular flexibility index (Phi) is 6.84. The van der Waals surface area contributed by atoms with Crippen LogP contribution in [0.3, 0.4) is 0 Å². The average Bonchev–Trinajstić information content (AvgIpc) is 2.34. The van der Waals surface area contributed by atoms with Gasteiger partial charge in [0.25, 0.3) is 0 Å². The molecular weight excluding hydrogens is 246 g/mol. The molecule has 1 amide bonds. The third-order valence-corrected chi connectivity index (χ3v) is 3.59. The maximum absolute atomic E-state index is 12.1. The lowest BCUT2D eigenvalue weighted by atomic mass is 9.96. The first-order valence-electron chi connectivity index (χ1n) is 7.20. The summed E-state index contributed by atoms with van der Waals surface area (Å²) in [6, 6.07) is 0.153. The lowest BCUT2D eigenvalue weighted by molar-refractivity contribution is -0.138. The predicted molar refractivity (Wildman–Crippen MR) is 71.8 cm³/mol. The Balaban J connectivity index is 2.36. The quantitative estimate of drug-likeness (QED) is 0.692. The Bertz CT molecular complexity index is 304. The number of carboxylic acids is 1. The molecule has 0 bridgehead atoms. The molecule has 1 rings (SSSR count). The van der Waals surface area contributed by atoms with E-state index in [1.807, 2.05) is 4.90 Å². The number of likely N-dealkylation sites (tertiary alicyclic amines) is 1. The van der Waals surface area contributed by atoms with Crippen LogP contribution in [0.4, 0.5) is 0 Å². The number of carbonyl (C=O) groups is 2. The van der Waals surface area contributed by atoms with Crippen molar-refractivity contribution in [1.82, 2.24) is 4.90 Å². The van der Waals surface area contributed by atoms with E-state index in [9.17, 15) is 14.7 Å². The van der Waals surface area contributed by atoms with Crippen molar-refractivity contribution in [2.24, 2.45) is 0 Å². The van der Waals surface area contributed by atoms with E-state index in [4.69, 9.17) is 5.11 Å². The van der Waals surface area contributed by atoms with Crippen molar-refractivity contribution in [3.63, 3.8) is 0 Å². The maximum Gasteiger partial charge on any atom is 0.303 e. The highest BCUT2D eigenvalue weighted by molar-refractivity contribution is 5.76. The van der Waals surface area contributed by atoms with Gasteiger partial charge in [-0.05, 0) is 45.4 Å². The minimum absolute atomic E-state index is 0.107. The van der Waals surface area contributed by atoms with Gasteiger partial charge in [0.1, 0.15) is 0 Å². The first kappa shape index (κ1) is 16.0. The number of hydrogen-bond acceptors (Lipinski definition) is 3. The van der Waals surface area contributed by atoms with Gasteiger partial charge in [-0.15, -0.1) is 0 Å². The lowest BCUT2D eigenvalue weighted by Gasteiger charge is -2.36. The smallest absolute Gasteiger partial charge is 0.303 e. The topological polar surface area (TPSA) is 77.8 Å². The van der Waals surface area contributed by atoms with Crippen molar-refractivity contribution in [2.45, 2.75) is 70.4 Å². The van der Waals surface area contributed by atoms with Gasteiger partial charge in [0, 0.05) is 25.4 Å². The Morgan fingerprint density at radius 2 is 1.95 bits per heavy atom. The van der Waals surface area contributed by atoms with E-state index >= 15 is 0 Å². The van der Waals surface area contributed by atoms with Gasteiger partial charge >= 0.3 is 5.97 Å². The zero-order valence-corrected chi connectivity index (χ0v) is 11.7. The number of carboxylic acid groups (broad SMARTS) is 1. The summed E-state index contributed by atoms with van der Waals surface area (Å²) >= 11 is 0. The molecule has 1 aliphatic heterocycles. The van der Waals surface area contributed by atoms with Gasteiger partial charge in [-0.3, -0.25) is 9.59 Å². The van der Waals surface area contributed by atoms with E-state index < -0.39 is 5.97 Å². The number of aliphatic hydroxyl groups excluding tert-OH is 1. The van der Waals surface area contributed by atoms with Crippen molar-refractivity contribution in [1.29, 1.82) is 0 Å². The summed E-state index contributed by atoms with van der Waals surface area (Å²) in [6.07, 6.45) is 5.09. The summed E-state index contributed by atoms with van der Waals surface area (Å²) in [6.45, 7) is 2.53. The zero-order valence-electron chi connectivity index (χ0n) is 11.7. The van der Waals surface area contributed by atoms with Crippen molar-refractivity contribution in [3.05, 3.63) is 0 Å². The largest absolute Gasteiger partial charge is 0.481 e. The van der Waals surface area contributed by atoms with Gasteiger partial charge in [0.15, 0.2) is 0 Å². The van der Waals surface area contributed by atoms with E-state index in [1.54, 1.807) is 6.92 Å². The minimum Gasteiger partial charge on any atom is -0.481 e. The summed E-state index contributed by atoms with van der Waals surface area (Å²) in [5, 5.41) is 18.0. The Hall–Kier alpha value is -1.10. The number of carbonyl (C=O) groups excluding carboxylic acids is 1. The lowest BCUT2D eigenvalue weighted by Crippen LogP contribution is -2.44. The van der Waals surface area contributed by atoms with Crippen LogP contribution in [-0.2, 0) is 9.59 Å². The van der Waals surface area contributed by atoms with Crippen LogP contribution < -0.4 is 0 Å².